The van der Waals surface area contributed by atoms with Crippen molar-refractivity contribution in [1.82, 2.24) is 19.7 Å². The first-order valence-electron chi connectivity index (χ1n) is 12.7. The number of carbonyl (C=O) groups is 1. The maximum absolute atomic E-state index is 14.3. The highest BCUT2D eigenvalue weighted by Gasteiger charge is 2.38. The van der Waals surface area contributed by atoms with E-state index in [9.17, 15) is 27.5 Å². The van der Waals surface area contributed by atoms with Gasteiger partial charge in [0.1, 0.15) is 11.6 Å². The van der Waals surface area contributed by atoms with E-state index in [-0.39, 0.29) is 45.7 Å². The molecule has 0 atom stereocenters. The Kier molecular flexibility index (Phi) is 6.21. The molecule has 3 aromatic carbocycles. The van der Waals surface area contributed by atoms with Crippen molar-refractivity contribution >= 4 is 33.5 Å². The summed E-state index contributed by atoms with van der Waals surface area (Å²) in [5.74, 6) is -1.05. The number of benzene rings is 3. The molecule has 0 aliphatic heterocycles. The lowest BCUT2D eigenvalue weighted by molar-refractivity contribution is -0.140. The Balaban J connectivity index is 1.50. The molecule has 0 bridgehead atoms. The Hall–Kier alpha value is -4.45. The van der Waals surface area contributed by atoms with Gasteiger partial charge in [-0.3, -0.25) is 4.79 Å². The molecule has 2 heterocycles. The number of imidazole rings is 1. The summed E-state index contributed by atoms with van der Waals surface area (Å²) >= 11 is 0. The summed E-state index contributed by atoms with van der Waals surface area (Å²) in [7, 11) is 0. The van der Waals surface area contributed by atoms with Crippen molar-refractivity contribution < 1.29 is 27.5 Å². The van der Waals surface area contributed by atoms with Crippen LogP contribution < -0.4 is 11.1 Å². The van der Waals surface area contributed by atoms with E-state index in [0.717, 1.165) is 0 Å². The topological polar surface area (TPSA) is 122 Å². The van der Waals surface area contributed by atoms with Gasteiger partial charge in [-0.05, 0) is 68.1 Å². The van der Waals surface area contributed by atoms with Gasteiger partial charge in [0.15, 0.2) is 5.69 Å². The quantitative estimate of drug-likeness (QED) is 0.213. The Morgan fingerprint density at radius 2 is 1.85 bits per heavy atom. The molecule has 0 saturated heterocycles. The summed E-state index contributed by atoms with van der Waals surface area (Å²) in [4.78, 5) is 19.4. The summed E-state index contributed by atoms with van der Waals surface area (Å²) in [5.41, 5.74) is 6.39. The number of aliphatic hydroxyl groups is 1. The highest BCUT2D eigenvalue weighted by molar-refractivity contribution is 6.00. The second-order valence-corrected chi connectivity index (χ2v) is 9.95. The molecule has 5 N–H and O–H groups in total. The first-order chi connectivity index (χ1) is 19.1. The number of rotatable bonds is 5. The van der Waals surface area contributed by atoms with E-state index >= 15 is 0 Å². The molecular formula is C28H24F4N6O2. The van der Waals surface area contributed by atoms with Crippen LogP contribution in [0.5, 0.6) is 0 Å². The second kappa shape index (κ2) is 9.63. The zero-order valence-electron chi connectivity index (χ0n) is 21.0. The molecule has 5 aromatic rings. The van der Waals surface area contributed by atoms with Crippen LogP contribution in [0, 0.1) is 5.82 Å². The predicted molar refractivity (Wildman–Crippen MR) is 142 cm³/mol. The molecule has 0 unspecified atom stereocenters. The van der Waals surface area contributed by atoms with E-state index in [1.165, 1.54) is 47.1 Å². The number of aromatic amines is 1. The lowest BCUT2D eigenvalue weighted by Gasteiger charge is -2.27. The molecule has 8 nitrogen and oxygen atoms in total. The molecule has 206 valence electrons. The minimum absolute atomic E-state index is 0.0404. The van der Waals surface area contributed by atoms with Crippen LogP contribution in [0.2, 0.25) is 0 Å². The van der Waals surface area contributed by atoms with Crippen molar-refractivity contribution in [3.05, 3.63) is 71.7 Å². The van der Waals surface area contributed by atoms with Crippen molar-refractivity contribution in [2.24, 2.45) is 5.73 Å². The number of nitrogens with one attached hydrogen (secondary N) is 2. The van der Waals surface area contributed by atoms with Gasteiger partial charge in [-0.2, -0.15) is 18.3 Å². The molecule has 40 heavy (non-hydrogen) atoms. The highest BCUT2D eigenvalue weighted by atomic mass is 19.4. The monoisotopic (exact) mass is 552 g/mol. The van der Waals surface area contributed by atoms with Crippen molar-refractivity contribution in [1.29, 1.82) is 0 Å². The Labute approximate surface area is 224 Å². The largest absolute Gasteiger partial charge is 0.435 e. The summed E-state index contributed by atoms with van der Waals surface area (Å²) in [6.45, 7) is 0. The molecule has 0 spiro atoms. The van der Waals surface area contributed by atoms with Gasteiger partial charge in [-0.1, -0.05) is 12.1 Å². The van der Waals surface area contributed by atoms with Crippen LogP contribution in [0.15, 0.2) is 54.6 Å². The number of nitrogens with two attached hydrogens (primary N) is 1. The lowest BCUT2D eigenvalue weighted by Crippen LogP contribution is -2.29. The number of aromatic nitrogens is 4. The van der Waals surface area contributed by atoms with E-state index < -0.39 is 23.6 Å². The van der Waals surface area contributed by atoms with E-state index in [0.29, 0.717) is 42.4 Å². The molecule has 1 aliphatic carbocycles. The highest BCUT2D eigenvalue weighted by Crippen LogP contribution is 2.40. The van der Waals surface area contributed by atoms with Gasteiger partial charge >= 0.3 is 6.18 Å². The number of amides is 1. The average Bonchev–Trinajstić information content (AvgIpc) is 3.51. The third kappa shape index (κ3) is 4.64. The Bertz CT molecular complexity index is 1750. The average molecular weight is 553 g/mol. The number of hydrogen-bond acceptors (Lipinski definition) is 5. The zero-order valence-corrected chi connectivity index (χ0v) is 21.0. The molecule has 6 rings (SSSR count). The maximum atomic E-state index is 14.3. The number of hydrogen-bond donors (Lipinski definition) is 4. The minimum Gasteiger partial charge on any atom is -0.393 e. The summed E-state index contributed by atoms with van der Waals surface area (Å²) < 4.78 is 57.9. The van der Waals surface area contributed by atoms with Crippen molar-refractivity contribution in [2.45, 2.75) is 44.0 Å². The fourth-order valence-electron chi connectivity index (χ4n) is 5.31. The van der Waals surface area contributed by atoms with Gasteiger partial charge in [-0.25, -0.2) is 14.1 Å². The summed E-state index contributed by atoms with van der Waals surface area (Å²) in [5, 5.41) is 16.9. The van der Waals surface area contributed by atoms with E-state index in [4.69, 9.17) is 5.73 Å². The standard InChI is InChI=1S/C28H24F4N6O2/c29-14-4-11-20-22(12-14)36-27(35-20)19-2-1-3-23-24(19)25(28(30,31)32)37-38(23)16-7-10-18(26(33)40)21(13-16)34-15-5-8-17(39)9-6-15/h1-4,7,10-13,15,17,34,39H,5-6,8-9H2,(H2,33,40)(H,35,36)/t15-,17-. The minimum atomic E-state index is -4.80. The molecule has 1 fully saturated rings. The van der Waals surface area contributed by atoms with Crippen LogP contribution in [0.3, 0.4) is 0 Å². The van der Waals surface area contributed by atoms with Gasteiger partial charge < -0.3 is 21.1 Å². The van der Waals surface area contributed by atoms with E-state index in [1.54, 1.807) is 12.1 Å². The summed E-state index contributed by atoms with van der Waals surface area (Å²) in [6, 6.07) is 12.9. The van der Waals surface area contributed by atoms with Crippen LogP contribution >= 0.6 is 0 Å². The zero-order chi connectivity index (χ0) is 28.2. The van der Waals surface area contributed by atoms with E-state index in [2.05, 4.69) is 20.4 Å². The van der Waals surface area contributed by atoms with Crippen LogP contribution in [0.1, 0.15) is 41.7 Å². The molecule has 2 aromatic heterocycles. The van der Waals surface area contributed by atoms with Crippen molar-refractivity contribution in [3.63, 3.8) is 0 Å². The van der Waals surface area contributed by atoms with Gasteiger partial charge in [0.2, 0.25) is 0 Å². The Morgan fingerprint density at radius 1 is 1.07 bits per heavy atom. The number of H-pyrrole nitrogens is 1. The number of anilines is 1. The lowest BCUT2D eigenvalue weighted by atomic mass is 9.92. The molecular weight excluding hydrogens is 528 g/mol. The number of carbonyl (C=O) groups excluding carboxylic acids is 1. The van der Waals surface area contributed by atoms with Gasteiger partial charge in [0.05, 0.1) is 33.9 Å². The fraction of sp³-hybridized carbons (Fsp3) is 0.250. The third-order valence-electron chi connectivity index (χ3n) is 7.24. The van der Waals surface area contributed by atoms with Crippen LogP contribution in [-0.2, 0) is 6.18 Å². The molecule has 0 radical (unpaired) electrons. The molecule has 1 amide bonds. The third-order valence-corrected chi connectivity index (χ3v) is 7.24. The number of aliphatic hydroxyl groups excluding tert-OH is 1. The summed E-state index contributed by atoms with van der Waals surface area (Å²) in [6.07, 6.45) is -2.65. The van der Waals surface area contributed by atoms with Crippen LogP contribution in [-0.4, -0.2) is 42.9 Å². The number of halogens is 4. The first-order valence-corrected chi connectivity index (χ1v) is 12.7. The molecule has 1 saturated carbocycles. The molecule has 12 heteroatoms. The molecule has 1 aliphatic rings. The SMILES string of the molecule is NC(=O)c1ccc(-n2nc(C(F)(F)F)c3c(-c4nc5ccc(F)cc5[nH]4)cccc32)cc1N[C@H]1CC[C@H](O)CC1. The van der Waals surface area contributed by atoms with Gasteiger partial charge in [0, 0.05) is 22.7 Å². The normalized spacial score (nSPS) is 17.9. The Morgan fingerprint density at radius 3 is 2.58 bits per heavy atom. The van der Waals surface area contributed by atoms with E-state index in [1.807, 2.05) is 0 Å². The van der Waals surface area contributed by atoms with Crippen molar-refractivity contribution in [2.75, 3.05) is 5.32 Å². The smallest absolute Gasteiger partial charge is 0.393 e. The number of primary amides is 1. The first kappa shape index (κ1) is 25.8. The fourth-order valence-corrected chi connectivity index (χ4v) is 5.31. The number of nitrogens with zero attached hydrogens (tertiary/aromatic N) is 3. The van der Waals surface area contributed by atoms with Gasteiger partial charge in [-0.15, -0.1) is 0 Å². The second-order valence-electron chi connectivity index (χ2n) is 9.95. The van der Waals surface area contributed by atoms with Crippen molar-refractivity contribution in [3.8, 4) is 17.1 Å². The van der Waals surface area contributed by atoms with Gasteiger partial charge in [0.25, 0.3) is 5.91 Å². The number of alkyl halides is 3. The maximum Gasteiger partial charge on any atom is 0.435 e. The van der Waals surface area contributed by atoms with Crippen LogP contribution in [0.25, 0.3) is 39.0 Å². The van der Waals surface area contributed by atoms with Crippen LogP contribution in [0.4, 0.5) is 23.2 Å². The predicted octanol–water partition coefficient (Wildman–Crippen LogP) is 5.54. The number of fused-ring (bicyclic) bond motifs is 2.